The smallest absolute Gasteiger partial charge is 0.0640 e. The van der Waals surface area contributed by atoms with Crippen LogP contribution in [0, 0.1) is 0 Å². The summed E-state index contributed by atoms with van der Waals surface area (Å²) < 4.78 is 2.64. The van der Waals surface area contributed by atoms with Crippen molar-refractivity contribution in [1.82, 2.24) is 0 Å². The summed E-state index contributed by atoms with van der Waals surface area (Å²) in [6.07, 6.45) is 0. The molecule has 0 N–H and O–H groups in total. The Morgan fingerprint density at radius 1 is 0.438 bits per heavy atom. The van der Waals surface area contributed by atoms with E-state index in [1.54, 1.807) is 0 Å². The molecule has 0 spiro atoms. The summed E-state index contributed by atoms with van der Waals surface area (Å²) in [5, 5.41) is 5.21. The van der Waals surface area contributed by atoms with Gasteiger partial charge in [0.15, 0.2) is 0 Å². The molecule has 2 aliphatic carbocycles. The molecule has 8 aromatic rings. The minimum absolute atomic E-state index is 0.0356. The maximum atomic E-state index is 2.52. The fourth-order valence-corrected chi connectivity index (χ4v) is 9.99. The summed E-state index contributed by atoms with van der Waals surface area (Å²) in [6, 6.07) is 52.5. The Labute approximate surface area is 285 Å². The standard InChI is InChI=1S/C46H35NS/c1-45(2)39-18-10-8-15-33(39)36-26-30(21-23-40(36)45)47(31-20-22-34-32-14-7-9-17-38(32)46(3,4)41(34)27-31)42-19-11-16-35-37-24-28-12-5-6-13-29(28)25-43(37)48-44(35)42/h5-27H,1-4H3. The van der Waals surface area contributed by atoms with E-state index in [0.717, 1.165) is 0 Å². The minimum atomic E-state index is -0.0851. The number of rotatable bonds is 3. The maximum Gasteiger partial charge on any atom is 0.0640 e. The topological polar surface area (TPSA) is 3.24 Å². The quantitative estimate of drug-likeness (QED) is 0.187. The van der Waals surface area contributed by atoms with Gasteiger partial charge in [-0.3, -0.25) is 0 Å². The largest absolute Gasteiger partial charge is 0.309 e. The van der Waals surface area contributed by atoms with Crippen LogP contribution in [0.5, 0.6) is 0 Å². The Hall–Kier alpha value is -5.18. The number of benzene rings is 7. The van der Waals surface area contributed by atoms with Gasteiger partial charge >= 0.3 is 0 Å². The molecular weight excluding hydrogens is 599 g/mol. The predicted octanol–water partition coefficient (Wildman–Crippen LogP) is 13.3. The predicted molar refractivity (Wildman–Crippen MR) is 207 cm³/mol. The van der Waals surface area contributed by atoms with E-state index in [1.165, 1.54) is 92.5 Å². The summed E-state index contributed by atoms with van der Waals surface area (Å²) in [6.45, 7) is 9.46. The summed E-state index contributed by atoms with van der Waals surface area (Å²) in [5.41, 5.74) is 14.4. The van der Waals surface area contributed by atoms with Gasteiger partial charge in [0, 0.05) is 37.7 Å². The van der Waals surface area contributed by atoms with Gasteiger partial charge in [-0.15, -0.1) is 11.3 Å². The first-order chi connectivity index (χ1) is 23.3. The molecule has 0 atom stereocenters. The highest BCUT2D eigenvalue weighted by Gasteiger charge is 2.37. The van der Waals surface area contributed by atoms with Gasteiger partial charge in [-0.25, -0.2) is 0 Å². The highest BCUT2D eigenvalue weighted by atomic mass is 32.1. The van der Waals surface area contributed by atoms with Crippen molar-refractivity contribution in [3.8, 4) is 22.3 Å². The fourth-order valence-electron chi connectivity index (χ4n) is 8.75. The Bertz CT molecular complexity index is 2630. The SMILES string of the molecule is CC1(C)c2ccccc2-c2cc(N(c3ccc4c(c3)C(C)(C)c3ccccc3-4)c3cccc4c3sc3cc5ccccc5cc34)ccc21. The van der Waals surface area contributed by atoms with Crippen LogP contribution in [0.15, 0.2) is 140 Å². The molecule has 0 unspecified atom stereocenters. The molecule has 2 aliphatic rings. The molecule has 1 aromatic heterocycles. The van der Waals surface area contributed by atoms with E-state index in [4.69, 9.17) is 0 Å². The summed E-state index contributed by atoms with van der Waals surface area (Å²) in [5.74, 6) is 0. The lowest BCUT2D eigenvalue weighted by atomic mass is 9.82. The molecule has 10 rings (SSSR count). The second-order valence-corrected chi connectivity index (χ2v) is 15.6. The van der Waals surface area contributed by atoms with Crippen molar-refractivity contribution in [3.63, 3.8) is 0 Å². The fraction of sp³-hybridized carbons (Fsp3) is 0.130. The first-order valence-electron chi connectivity index (χ1n) is 16.9. The number of thiophene rings is 1. The Morgan fingerprint density at radius 2 is 1.02 bits per heavy atom. The third kappa shape index (κ3) is 3.72. The van der Waals surface area contributed by atoms with E-state index in [2.05, 4.69) is 172 Å². The van der Waals surface area contributed by atoms with Crippen molar-refractivity contribution < 1.29 is 0 Å². The van der Waals surface area contributed by atoms with Crippen LogP contribution < -0.4 is 4.90 Å². The molecule has 7 aromatic carbocycles. The van der Waals surface area contributed by atoms with Gasteiger partial charge in [-0.1, -0.05) is 125 Å². The zero-order chi connectivity index (χ0) is 32.4. The zero-order valence-electron chi connectivity index (χ0n) is 27.6. The van der Waals surface area contributed by atoms with Gasteiger partial charge in [-0.05, 0) is 97.7 Å². The van der Waals surface area contributed by atoms with Gasteiger partial charge in [0.25, 0.3) is 0 Å². The molecule has 0 amide bonds. The lowest BCUT2D eigenvalue weighted by Crippen LogP contribution is -2.17. The Balaban J connectivity index is 1.24. The number of hydrogen-bond acceptors (Lipinski definition) is 2. The lowest BCUT2D eigenvalue weighted by molar-refractivity contribution is 0.660. The van der Waals surface area contributed by atoms with Crippen LogP contribution in [0.3, 0.4) is 0 Å². The number of anilines is 3. The summed E-state index contributed by atoms with van der Waals surface area (Å²) in [7, 11) is 0. The van der Waals surface area contributed by atoms with Crippen molar-refractivity contribution in [2.24, 2.45) is 0 Å². The van der Waals surface area contributed by atoms with Crippen LogP contribution >= 0.6 is 11.3 Å². The van der Waals surface area contributed by atoms with Crippen LogP contribution in [0.25, 0.3) is 53.2 Å². The monoisotopic (exact) mass is 633 g/mol. The second-order valence-electron chi connectivity index (χ2n) is 14.6. The molecule has 230 valence electrons. The van der Waals surface area contributed by atoms with Crippen LogP contribution in [0.1, 0.15) is 49.9 Å². The molecular formula is C46H35NS. The number of fused-ring (bicyclic) bond motifs is 10. The van der Waals surface area contributed by atoms with Gasteiger partial charge < -0.3 is 4.90 Å². The highest BCUT2D eigenvalue weighted by molar-refractivity contribution is 7.26. The van der Waals surface area contributed by atoms with E-state index in [9.17, 15) is 0 Å². The summed E-state index contributed by atoms with van der Waals surface area (Å²) in [4.78, 5) is 2.52. The van der Waals surface area contributed by atoms with Gasteiger partial charge in [0.1, 0.15) is 0 Å². The first-order valence-corrected chi connectivity index (χ1v) is 17.8. The van der Waals surface area contributed by atoms with E-state index >= 15 is 0 Å². The van der Waals surface area contributed by atoms with Crippen LogP contribution in [-0.4, -0.2) is 0 Å². The van der Waals surface area contributed by atoms with Crippen molar-refractivity contribution >= 4 is 59.3 Å². The van der Waals surface area contributed by atoms with Crippen molar-refractivity contribution in [2.75, 3.05) is 4.90 Å². The van der Waals surface area contributed by atoms with Crippen molar-refractivity contribution in [2.45, 2.75) is 38.5 Å². The number of hydrogen-bond donors (Lipinski definition) is 0. The van der Waals surface area contributed by atoms with Gasteiger partial charge in [-0.2, -0.15) is 0 Å². The minimum Gasteiger partial charge on any atom is -0.309 e. The van der Waals surface area contributed by atoms with Crippen LogP contribution in [0.4, 0.5) is 17.1 Å². The molecule has 0 saturated heterocycles. The van der Waals surface area contributed by atoms with E-state index < -0.39 is 0 Å². The molecule has 0 saturated carbocycles. The molecule has 1 heterocycles. The second kappa shape index (κ2) is 9.69. The molecule has 1 nitrogen and oxygen atoms in total. The molecule has 0 bridgehead atoms. The van der Waals surface area contributed by atoms with E-state index in [-0.39, 0.29) is 10.8 Å². The van der Waals surface area contributed by atoms with Crippen LogP contribution in [0.2, 0.25) is 0 Å². The van der Waals surface area contributed by atoms with Crippen LogP contribution in [-0.2, 0) is 10.8 Å². The third-order valence-electron chi connectivity index (χ3n) is 11.2. The maximum absolute atomic E-state index is 2.52. The van der Waals surface area contributed by atoms with Crippen molar-refractivity contribution in [3.05, 3.63) is 162 Å². The highest BCUT2D eigenvalue weighted by Crippen LogP contribution is 2.54. The first kappa shape index (κ1) is 27.9. The molecule has 48 heavy (non-hydrogen) atoms. The van der Waals surface area contributed by atoms with Gasteiger partial charge in [0.05, 0.1) is 10.4 Å². The van der Waals surface area contributed by atoms with E-state index in [0.29, 0.717) is 0 Å². The molecule has 2 heteroatoms. The lowest BCUT2D eigenvalue weighted by Gasteiger charge is -2.29. The Kier molecular flexibility index (Phi) is 5.63. The average molecular weight is 634 g/mol. The summed E-state index contributed by atoms with van der Waals surface area (Å²) >= 11 is 1.91. The van der Waals surface area contributed by atoms with Crippen molar-refractivity contribution in [1.29, 1.82) is 0 Å². The molecule has 0 aliphatic heterocycles. The third-order valence-corrected chi connectivity index (χ3v) is 12.4. The normalized spacial score (nSPS) is 15.0. The Morgan fingerprint density at radius 3 is 1.79 bits per heavy atom. The molecule has 0 fully saturated rings. The zero-order valence-corrected chi connectivity index (χ0v) is 28.5. The molecule has 0 radical (unpaired) electrons. The average Bonchev–Trinajstić information content (AvgIpc) is 3.67. The number of nitrogens with zero attached hydrogens (tertiary/aromatic N) is 1. The van der Waals surface area contributed by atoms with Gasteiger partial charge in [0.2, 0.25) is 0 Å². The van der Waals surface area contributed by atoms with E-state index in [1.807, 2.05) is 11.3 Å².